The van der Waals surface area contributed by atoms with Crippen LogP contribution >= 0.6 is 0 Å². The molecule has 1 aliphatic carbocycles. The molecule has 1 aliphatic heterocycles. The molecule has 9 heteroatoms. The molecule has 1 saturated carbocycles. The van der Waals surface area contributed by atoms with Crippen LogP contribution in [0.5, 0.6) is 5.75 Å². The number of ether oxygens (including phenoxy) is 2. The van der Waals surface area contributed by atoms with Gasteiger partial charge >= 0.3 is 6.18 Å². The predicted molar refractivity (Wildman–Crippen MR) is 118 cm³/mol. The van der Waals surface area contributed by atoms with Crippen LogP contribution in [0.2, 0.25) is 0 Å². The van der Waals surface area contributed by atoms with Crippen LogP contribution in [0.25, 0.3) is 0 Å². The highest BCUT2D eigenvalue weighted by atomic mass is 19.4. The lowest BCUT2D eigenvalue weighted by atomic mass is 9.89. The minimum Gasteiger partial charge on any atom is -0.497 e. The third-order valence-corrected chi connectivity index (χ3v) is 6.45. The Morgan fingerprint density at radius 1 is 1.12 bits per heavy atom. The molecule has 2 aromatic rings. The molecular formula is C25H27F3N2O4. The molecule has 2 aromatic carbocycles. The maximum Gasteiger partial charge on any atom is 0.416 e. The molecular weight excluding hydrogens is 449 g/mol. The summed E-state index contributed by atoms with van der Waals surface area (Å²) in [4.78, 5) is 28.3. The van der Waals surface area contributed by atoms with Gasteiger partial charge in [0.1, 0.15) is 17.5 Å². The number of amides is 2. The predicted octanol–water partition coefficient (Wildman–Crippen LogP) is 4.53. The zero-order valence-corrected chi connectivity index (χ0v) is 18.9. The van der Waals surface area contributed by atoms with Crippen molar-refractivity contribution in [3.8, 4) is 5.75 Å². The number of halogens is 3. The summed E-state index contributed by atoms with van der Waals surface area (Å²) in [6.07, 6.45) is -0.438. The highest BCUT2D eigenvalue weighted by molar-refractivity contribution is 5.98. The van der Waals surface area contributed by atoms with Crippen molar-refractivity contribution in [1.82, 2.24) is 10.2 Å². The van der Waals surface area contributed by atoms with Crippen molar-refractivity contribution in [2.75, 3.05) is 13.7 Å². The van der Waals surface area contributed by atoms with Gasteiger partial charge in [-0.05, 0) is 61.6 Å². The largest absolute Gasteiger partial charge is 0.497 e. The second-order valence-electron chi connectivity index (χ2n) is 8.66. The third kappa shape index (κ3) is 4.89. The number of nitrogens with one attached hydrogen (secondary N) is 1. The van der Waals surface area contributed by atoms with E-state index in [0.29, 0.717) is 29.7 Å². The SMILES string of the molecule is COc1cccc(C(=O)N2C(C(=O)NCc3cccc(C(F)(F)F)c3)COC23CCCCC3)c1. The van der Waals surface area contributed by atoms with E-state index in [1.165, 1.54) is 24.1 Å². The molecule has 2 amide bonds. The number of hydrogen-bond acceptors (Lipinski definition) is 4. The van der Waals surface area contributed by atoms with Crippen LogP contribution in [0.4, 0.5) is 13.2 Å². The summed E-state index contributed by atoms with van der Waals surface area (Å²) in [7, 11) is 1.51. The Bertz CT molecular complexity index is 1050. The first-order valence-electron chi connectivity index (χ1n) is 11.3. The number of benzene rings is 2. The molecule has 182 valence electrons. The first-order valence-corrected chi connectivity index (χ1v) is 11.3. The molecule has 0 radical (unpaired) electrons. The summed E-state index contributed by atoms with van der Waals surface area (Å²) < 4.78 is 50.4. The van der Waals surface area contributed by atoms with Crippen LogP contribution in [0.1, 0.15) is 53.6 Å². The summed E-state index contributed by atoms with van der Waals surface area (Å²) in [5.74, 6) is -0.275. The Balaban J connectivity index is 1.55. The van der Waals surface area contributed by atoms with Gasteiger partial charge in [0, 0.05) is 12.1 Å². The fourth-order valence-corrected chi connectivity index (χ4v) is 4.73. The van der Waals surface area contributed by atoms with Crippen LogP contribution < -0.4 is 10.1 Å². The van der Waals surface area contributed by atoms with E-state index >= 15 is 0 Å². The molecule has 2 aliphatic rings. The van der Waals surface area contributed by atoms with Crippen molar-refractivity contribution in [2.45, 2.75) is 56.6 Å². The van der Waals surface area contributed by atoms with Crippen LogP contribution in [0, 0.1) is 0 Å². The number of nitrogens with zero attached hydrogens (tertiary/aromatic N) is 1. The van der Waals surface area contributed by atoms with E-state index in [-0.39, 0.29) is 19.1 Å². The molecule has 1 saturated heterocycles. The van der Waals surface area contributed by atoms with Crippen molar-refractivity contribution in [3.63, 3.8) is 0 Å². The van der Waals surface area contributed by atoms with E-state index in [1.807, 2.05) is 0 Å². The lowest BCUT2D eigenvalue weighted by Crippen LogP contribution is -2.56. The van der Waals surface area contributed by atoms with Gasteiger partial charge in [0.2, 0.25) is 5.91 Å². The zero-order chi connectivity index (χ0) is 24.3. The monoisotopic (exact) mass is 476 g/mol. The summed E-state index contributed by atoms with van der Waals surface area (Å²) >= 11 is 0. The molecule has 2 fully saturated rings. The van der Waals surface area contributed by atoms with E-state index in [2.05, 4.69) is 5.32 Å². The standard InChI is InChI=1S/C25H27F3N2O4/c1-33-20-10-6-8-18(14-20)23(32)30-21(16-34-24(30)11-3-2-4-12-24)22(31)29-15-17-7-5-9-19(13-17)25(26,27)28/h5-10,13-14,21H,2-4,11-12,15-16H2,1H3,(H,29,31). The molecule has 1 N–H and O–H groups in total. The summed E-state index contributed by atoms with van der Waals surface area (Å²) in [6, 6.07) is 10.6. The maximum absolute atomic E-state index is 13.6. The van der Waals surface area contributed by atoms with E-state index < -0.39 is 29.4 Å². The summed E-state index contributed by atoms with van der Waals surface area (Å²) in [5.41, 5.74) is -0.943. The van der Waals surface area contributed by atoms with Gasteiger partial charge < -0.3 is 14.8 Å². The molecule has 1 unspecified atom stereocenters. The minimum absolute atomic E-state index is 0.0319. The molecule has 1 atom stereocenters. The lowest BCUT2D eigenvalue weighted by Gasteiger charge is -2.41. The van der Waals surface area contributed by atoms with Gasteiger partial charge in [-0.2, -0.15) is 13.2 Å². The van der Waals surface area contributed by atoms with Crippen molar-refractivity contribution < 1.29 is 32.2 Å². The van der Waals surface area contributed by atoms with Crippen molar-refractivity contribution in [1.29, 1.82) is 0 Å². The van der Waals surface area contributed by atoms with E-state index in [1.54, 1.807) is 24.3 Å². The zero-order valence-electron chi connectivity index (χ0n) is 18.9. The third-order valence-electron chi connectivity index (χ3n) is 6.45. The smallest absolute Gasteiger partial charge is 0.416 e. The Morgan fingerprint density at radius 2 is 1.85 bits per heavy atom. The Morgan fingerprint density at radius 3 is 2.56 bits per heavy atom. The van der Waals surface area contributed by atoms with Gasteiger partial charge in [-0.15, -0.1) is 0 Å². The van der Waals surface area contributed by atoms with Crippen LogP contribution in [0.3, 0.4) is 0 Å². The summed E-state index contributed by atoms with van der Waals surface area (Å²) in [5, 5.41) is 2.70. The Hall–Kier alpha value is -3.07. The molecule has 6 nitrogen and oxygen atoms in total. The van der Waals surface area contributed by atoms with Crippen LogP contribution in [-0.2, 0) is 22.3 Å². The van der Waals surface area contributed by atoms with Gasteiger partial charge in [0.25, 0.3) is 5.91 Å². The van der Waals surface area contributed by atoms with Gasteiger partial charge in [-0.1, -0.05) is 24.6 Å². The molecule has 34 heavy (non-hydrogen) atoms. The number of carbonyl (C=O) groups is 2. The molecule has 1 spiro atoms. The van der Waals surface area contributed by atoms with E-state index in [4.69, 9.17) is 9.47 Å². The van der Waals surface area contributed by atoms with Gasteiger partial charge in [-0.3, -0.25) is 14.5 Å². The number of hydrogen-bond donors (Lipinski definition) is 1. The fourth-order valence-electron chi connectivity index (χ4n) is 4.73. The second kappa shape index (κ2) is 9.66. The van der Waals surface area contributed by atoms with Gasteiger partial charge in [-0.25, -0.2) is 0 Å². The average Bonchev–Trinajstić information content (AvgIpc) is 3.20. The Labute approximate surface area is 196 Å². The fraction of sp³-hybridized carbons (Fsp3) is 0.440. The van der Waals surface area contributed by atoms with Crippen molar-refractivity contribution >= 4 is 11.8 Å². The normalized spacial score (nSPS) is 19.8. The highest BCUT2D eigenvalue weighted by Crippen LogP contribution is 2.41. The average molecular weight is 476 g/mol. The van der Waals surface area contributed by atoms with Crippen molar-refractivity contribution in [3.05, 3.63) is 65.2 Å². The summed E-state index contributed by atoms with van der Waals surface area (Å²) in [6.45, 7) is -0.0580. The van der Waals surface area contributed by atoms with Gasteiger partial charge in [0.15, 0.2) is 0 Å². The molecule has 4 rings (SSSR count). The number of rotatable bonds is 5. The Kier molecular flexibility index (Phi) is 6.84. The first kappa shape index (κ1) is 24.1. The second-order valence-corrected chi connectivity index (χ2v) is 8.66. The van der Waals surface area contributed by atoms with Crippen molar-refractivity contribution in [2.24, 2.45) is 0 Å². The number of methoxy groups -OCH3 is 1. The van der Waals surface area contributed by atoms with Crippen LogP contribution in [0.15, 0.2) is 48.5 Å². The van der Waals surface area contributed by atoms with Gasteiger partial charge in [0.05, 0.1) is 19.3 Å². The highest BCUT2D eigenvalue weighted by Gasteiger charge is 2.53. The number of carbonyl (C=O) groups excluding carboxylic acids is 2. The molecule has 0 bridgehead atoms. The lowest BCUT2D eigenvalue weighted by molar-refractivity contribution is -0.137. The van der Waals surface area contributed by atoms with E-state index in [0.717, 1.165) is 31.4 Å². The topological polar surface area (TPSA) is 67.9 Å². The quantitative estimate of drug-likeness (QED) is 0.689. The maximum atomic E-state index is 13.6. The first-order chi connectivity index (χ1) is 16.2. The molecule has 1 heterocycles. The van der Waals surface area contributed by atoms with E-state index in [9.17, 15) is 22.8 Å². The number of alkyl halides is 3. The molecule has 0 aromatic heterocycles. The minimum atomic E-state index is -4.47. The van der Waals surface area contributed by atoms with Crippen LogP contribution in [-0.4, -0.2) is 42.2 Å².